The highest BCUT2D eigenvalue weighted by molar-refractivity contribution is 5.94. The van der Waals surface area contributed by atoms with E-state index in [1.54, 1.807) is 20.0 Å². The quantitative estimate of drug-likeness (QED) is 0.881. The molecule has 0 aliphatic carbocycles. The number of carbonyl (C=O) groups is 1. The maximum absolute atomic E-state index is 12.1. The Kier molecular flexibility index (Phi) is 4.55. The Hall–Kier alpha value is -2.22. The van der Waals surface area contributed by atoms with E-state index in [1.807, 2.05) is 6.07 Å². The van der Waals surface area contributed by atoms with E-state index >= 15 is 0 Å². The van der Waals surface area contributed by atoms with Gasteiger partial charge in [0, 0.05) is 18.7 Å². The molecule has 0 heterocycles. The topological polar surface area (TPSA) is 73.6 Å². The second kappa shape index (κ2) is 5.92. The van der Waals surface area contributed by atoms with Crippen molar-refractivity contribution in [2.45, 2.75) is 19.4 Å². The van der Waals surface area contributed by atoms with Gasteiger partial charge in [0.15, 0.2) is 11.5 Å². The molecule has 1 aromatic rings. The Balaban J connectivity index is 2.91. The molecule has 1 amide bonds. The predicted molar refractivity (Wildman–Crippen MR) is 66.4 cm³/mol. The number of hydrogen-bond donors (Lipinski definition) is 1. The molecule has 0 spiro atoms. The molecule has 1 atom stereocenters. The van der Waals surface area contributed by atoms with Gasteiger partial charge in [-0.05, 0) is 25.1 Å². The van der Waals surface area contributed by atoms with Crippen molar-refractivity contribution in [1.29, 1.82) is 5.26 Å². The minimum Gasteiger partial charge on any atom is -0.504 e. The summed E-state index contributed by atoms with van der Waals surface area (Å²) in [6.07, 6.45) is 0.268. The van der Waals surface area contributed by atoms with Crippen LogP contribution in [0.2, 0.25) is 0 Å². The van der Waals surface area contributed by atoms with E-state index in [1.165, 1.54) is 24.1 Å². The number of aromatic hydroxyl groups is 1. The molecule has 0 radical (unpaired) electrons. The third-order valence-corrected chi connectivity index (χ3v) is 2.79. The summed E-state index contributed by atoms with van der Waals surface area (Å²) in [5, 5.41) is 18.2. The number of carbonyl (C=O) groups excluding carboxylic acids is 1. The summed E-state index contributed by atoms with van der Waals surface area (Å²) in [6.45, 7) is 1.80. The van der Waals surface area contributed by atoms with Gasteiger partial charge in [-0.3, -0.25) is 4.79 Å². The first-order valence-corrected chi connectivity index (χ1v) is 5.52. The van der Waals surface area contributed by atoms with Crippen LogP contribution in [0, 0.1) is 11.3 Å². The molecule has 5 heteroatoms. The fraction of sp³-hybridized carbons (Fsp3) is 0.385. The SMILES string of the molecule is COc1ccc(C(=O)N(C)C(C)CC#N)cc1O. The molecule has 0 aromatic heterocycles. The molecule has 0 fully saturated rings. The van der Waals surface area contributed by atoms with Crippen LogP contribution in [0.25, 0.3) is 0 Å². The van der Waals surface area contributed by atoms with Crippen molar-refractivity contribution in [3.05, 3.63) is 23.8 Å². The Bertz CT molecular complexity index is 480. The lowest BCUT2D eigenvalue weighted by Gasteiger charge is -2.23. The number of amides is 1. The normalized spacial score (nSPS) is 11.4. The molecule has 1 rings (SSSR count). The molecule has 0 bridgehead atoms. The molecule has 96 valence electrons. The molecule has 0 aliphatic rings. The zero-order valence-corrected chi connectivity index (χ0v) is 10.7. The summed E-state index contributed by atoms with van der Waals surface area (Å²) >= 11 is 0. The predicted octanol–water partition coefficient (Wildman–Crippen LogP) is 1.77. The van der Waals surface area contributed by atoms with E-state index in [2.05, 4.69) is 0 Å². The first-order chi connectivity index (χ1) is 8.51. The maximum Gasteiger partial charge on any atom is 0.254 e. The van der Waals surface area contributed by atoms with Crippen LogP contribution in [-0.2, 0) is 0 Å². The van der Waals surface area contributed by atoms with Gasteiger partial charge in [-0.2, -0.15) is 5.26 Å². The molecule has 0 saturated heterocycles. The summed E-state index contributed by atoms with van der Waals surface area (Å²) < 4.78 is 4.91. The molecular weight excluding hydrogens is 232 g/mol. The van der Waals surface area contributed by atoms with Gasteiger partial charge in [0.1, 0.15) is 0 Å². The zero-order chi connectivity index (χ0) is 13.7. The molecule has 1 aromatic carbocycles. The fourth-order valence-corrected chi connectivity index (χ4v) is 1.50. The summed E-state index contributed by atoms with van der Waals surface area (Å²) in [7, 11) is 3.07. The number of rotatable bonds is 4. The van der Waals surface area contributed by atoms with Gasteiger partial charge in [-0.25, -0.2) is 0 Å². The number of ether oxygens (including phenoxy) is 1. The number of nitrogens with zero attached hydrogens (tertiary/aromatic N) is 2. The van der Waals surface area contributed by atoms with Crippen molar-refractivity contribution < 1.29 is 14.6 Å². The standard InChI is InChI=1S/C13H16N2O3/c1-9(6-7-14)15(2)13(17)10-4-5-12(18-3)11(16)8-10/h4-5,8-9,16H,6H2,1-3H3. The molecule has 1 N–H and O–H groups in total. The number of phenols is 1. The monoisotopic (exact) mass is 248 g/mol. The summed E-state index contributed by atoms with van der Waals surface area (Å²) in [6, 6.07) is 6.32. The molecule has 0 saturated carbocycles. The molecule has 18 heavy (non-hydrogen) atoms. The smallest absolute Gasteiger partial charge is 0.254 e. The van der Waals surface area contributed by atoms with Crippen molar-refractivity contribution in [3.8, 4) is 17.6 Å². The van der Waals surface area contributed by atoms with Gasteiger partial charge in [0.2, 0.25) is 0 Å². The van der Waals surface area contributed by atoms with Crippen LogP contribution >= 0.6 is 0 Å². The average molecular weight is 248 g/mol. The van der Waals surface area contributed by atoms with Crippen molar-refractivity contribution in [2.24, 2.45) is 0 Å². The van der Waals surface area contributed by atoms with Gasteiger partial charge >= 0.3 is 0 Å². The maximum atomic E-state index is 12.1. The fourth-order valence-electron chi connectivity index (χ4n) is 1.50. The van der Waals surface area contributed by atoms with Crippen LogP contribution in [0.15, 0.2) is 18.2 Å². The highest BCUT2D eigenvalue weighted by atomic mass is 16.5. The van der Waals surface area contributed by atoms with Gasteiger partial charge in [-0.15, -0.1) is 0 Å². The van der Waals surface area contributed by atoms with Gasteiger partial charge < -0.3 is 14.7 Å². The largest absolute Gasteiger partial charge is 0.504 e. The summed E-state index contributed by atoms with van der Waals surface area (Å²) in [5.74, 6) is -0.000310. The van der Waals surface area contributed by atoms with Crippen LogP contribution in [0.4, 0.5) is 0 Å². The minimum atomic E-state index is -0.240. The van der Waals surface area contributed by atoms with Crippen molar-refractivity contribution in [2.75, 3.05) is 14.2 Å². The van der Waals surface area contributed by atoms with Crippen molar-refractivity contribution in [3.63, 3.8) is 0 Å². The van der Waals surface area contributed by atoms with Crippen LogP contribution in [-0.4, -0.2) is 36.1 Å². The highest BCUT2D eigenvalue weighted by Crippen LogP contribution is 2.26. The van der Waals surface area contributed by atoms with Crippen LogP contribution in [0.3, 0.4) is 0 Å². The molecule has 1 unspecified atom stereocenters. The number of nitriles is 1. The van der Waals surface area contributed by atoms with Crippen LogP contribution in [0.5, 0.6) is 11.5 Å². The van der Waals surface area contributed by atoms with Crippen LogP contribution < -0.4 is 4.74 Å². The van der Waals surface area contributed by atoms with E-state index in [0.29, 0.717) is 11.3 Å². The van der Waals surface area contributed by atoms with Gasteiger partial charge in [0.25, 0.3) is 5.91 Å². The van der Waals surface area contributed by atoms with Gasteiger partial charge in [-0.1, -0.05) is 0 Å². The Morgan fingerprint density at radius 3 is 2.78 bits per heavy atom. The van der Waals surface area contributed by atoms with E-state index in [9.17, 15) is 9.90 Å². The average Bonchev–Trinajstić information content (AvgIpc) is 2.37. The number of hydrogen-bond acceptors (Lipinski definition) is 4. The lowest BCUT2D eigenvalue weighted by atomic mass is 10.1. The highest BCUT2D eigenvalue weighted by Gasteiger charge is 2.18. The lowest BCUT2D eigenvalue weighted by Crippen LogP contribution is -2.34. The van der Waals surface area contributed by atoms with E-state index in [-0.39, 0.29) is 24.1 Å². The third-order valence-electron chi connectivity index (χ3n) is 2.79. The first kappa shape index (κ1) is 13.8. The number of benzene rings is 1. The van der Waals surface area contributed by atoms with E-state index in [4.69, 9.17) is 10.00 Å². The van der Waals surface area contributed by atoms with Crippen molar-refractivity contribution >= 4 is 5.91 Å². The Labute approximate surface area is 106 Å². The van der Waals surface area contributed by atoms with Crippen molar-refractivity contribution in [1.82, 2.24) is 4.90 Å². The van der Waals surface area contributed by atoms with Crippen LogP contribution in [0.1, 0.15) is 23.7 Å². The minimum absolute atomic E-state index is 0.0790. The van der Waals surface area contributed by atoms with E-state index < -0.39 is 0 Å². The first-order valence-electron chi connectivity index (χ1n) is 5.52. The number of phenolic OH excluding ortho intramolecular Hbond substituents is 1. The van der Waals surface area contributed by atoms with E-state index in [0.717, 1.165) is 0 Å². The Morgan fingerprint density at radius 1 is 1.61 bits per heavy atom. The Morgan fingerprint density at radius 2 is 2.28 bits per heavy atom. The number of methoxy groups -OCH3 is 1. The lowest BCUT2D eigenvalue weighted by molar-refractivity contribution is 0.0746. The molecule has 5 nitrogen and oxygen atoms in total. The zero-order valence-electron chi connectivity index (χ0n) is 10.7. The molecule has 0 aliphatic heterocycles. The summed E-state index contributed by atoms with van der Waals surface area (Å²) in [4.78, 5) is 13.6. The second-order valence-electron chi connectivity index (χ2n) is 4.01. The third kappa shape index (κ3) is 2.92. The molecular formula is C13H16N2O3. The summed E-state index contributed by atoms with van der Waals surface area (Å²) in [5.41, 5.74) is 0.362. The second-order valence-corrected chi connectivity index (χ2v) is 4.01. The van der Waals surface area contributed by atoms with Gasteiger partial charge in [0.05, 0.1) is 19.6 Å².